The van der Waals surface area contributed by atoms with Crippen LogP contribution in [0.2, 0.25) is 0 Å². The van der Waals surface area contributed by atoms with E-state index in [2.05, 4.69) is 16.9 Å². The molecule has 0 spiro atoms. The van der Waals surface area contributed by atoms with Crippen molar-refractivity contribution in [3.8, 4) is 5.69 Å². The molecule has 2 rings (SSSR count). The van der Waals surface area contributed by atoms with Crippen LogP contribution in [-0.4, -0.2) is 19.2 Å². The van der Waals surface area contributed by atoms with E-state index < -0.39 is 10.2 Å². The van der Waals surface area contributed by atoms with E-state index in [1.165, 1.54) is 5.56 Å². The average molecular weight is 314 g/mol. The van der Waals surface area contributed by atoms with Crippen LogP contribution < -0.4 is 28.2 Å². The minimum atomic E-state index is -4.94. The van der Waals surface area contributed by atoms with Gasteiger partial charge in [-0.05, 0) is 12.0 Å². The van der Waals surface area contributed by atoms with E-state index in [9.17, 15) is 0 Å². The predicted molar refractivity (Wildman–Crippen MR) is 64.8 cm³/mol. The zero-order valence-corrected chi connectivity index (χ0v) is 12.6. The molecular formula is C13H16ClN3O4. The second-order valence-corrected chi connectivity index (χ2v) is 5.15. The van der Waals surface area contributed by atoms with Gasteiger partial charge in [0.25, 0.3) is 0 Å². The molecular weight excluding hydrogens is 298 g/mol. The minimum absolute atomic E-state index is 1.08. The summed E-state index contributed by atoms with van der Waals surface area (Å²) < 4.78 is 35.9. The molecule has 0 aliphatic rings. The van der Waals surface area contributed by atoms with Crippen LogP contribution in [0.4, 0.5) is 5.69 Å². The van der Waals surface area contributed by atoms with E-state index in [4.69, 9.17) is 18.6 Å². The third kappa shape index (κ3) is 6.48. The van der Waals surface area contributed by atoms with Crippen molar-refractivity contribution in [2.45, 2.75) is 6.92 Å². The number of hydrogen-bond acceptors (Lipinski definition) is 6. The summed E-state index contributed by atoms with van der Waals surface area (Å²) in [6, 6.07) is 10.1. The number of hydrogen-bond donors (Lipinski definition) is 0. The fraction of sp³-hybridized carbons (Fsp3) is 0.231. The molecule has 0 N–H and O–H groups in total. The normalized spacial score (nSPS) is 10.6. The summed E-state index contributed by atoms with van der Waals surface area (Å²) in [6.45, 7) is 2.09. The Bertz CT molecular complexity index is 567. The lowest BCUT2D eigenvalue weighted by Gasteiger charge is -2.17. The van der Waals surface area contributed by atoms with Crippen molar-refractivity contribution >= 4 is 5.69 Å². The lowest BCUT2D eigenvalue weighted by atomic mass is 10.2. The van der Waals surface area contributed by atoms with Gasteiger partial charge in [-0.1, -0.05) is 22.9 Å². The highest BCUT2D eigenvalue weighted by molar-refractivity contribution is 5.47. The summed E-state index contributed by atoms with van der Waals surface area (Å²) in [5.41, 5.74) is 3.44. The minimum Gasteiger partial charge on any atom is -0.376 e. The maximum absolute atomic E-state index is 8.49. The Labute approximate surface area is 125 Å². The molecule has 114 valence electrons. The highest BCUT2D eigenvalue weighted by Crippen LogP contribution is 2.13. The molecule has 8 heteroatoms. The molecule has 1 heterocycles. The van der Waals surface area contributed by atoms with Gasteiger partial charge < -0.3 is 4.90 Å². The molecule has 1 aromatic carbocycles. The van der Waals surface area contributed by atoms with Crippen molar-refractivity contribution in [2.75, 3.05) is 19.0 Å². The van der Waals surface area contributed by atoms with Crippen molar-refractivity contribution in [1.29, 1.82) is 0 Å². The Hall–Kier alpha value is -1.77. The van der Waals surface area contributed by atoms with Crippen LogP contribution in [0.25, 0.3) is 5.69 Å². The van der Waals surface area contributed by atoms with E-state index >= 15 is 0 Å². The molecule has 0 atom stereocenters. The smallest absolute Gasteiger partial charge is 0.238 e. The highest BCUT2D eigenvalue weighted by Gasteiger charge is 2.11. The Morgan fingerprint density at radius 2 is 1.57 bits per heavy atom. The second kappa shape index (κ2) is 7.30. The molecule has 2 aromatic rings. The van der Waals surface area contributed by atoms with Gasteiger partial charge in [0.1, 0.15) is 6.20 Å². The average Bonchev–Trinajstić information content (AvgIpc) is 2.37. The standard InChI is InChI=1S/C13H16N3.ClHO4/c1-11-10-16(12-7-5-4-6-8-12)14-9-13(11)15(2)3;2-1(3,4)5/h4-10H,1-3H3;(H,2,3,4,5)/q+1;/p-1. The summed E-state index contributed by atoms with van der Waals surface area (Å²) in [6.07, 6.45) is 3.94. The van der Waals surface area contributed by atoms with Crippen molar-refractivity contribution in [3.05, 3.63) is 48.3 Å². The zero-order valence-electron chi connectivity index (χ0n) is 11.9. The van der Waals surface area contributed by atoms with Crippen LogP contribution >= 0.6 is 0 Å². The number of para-hydroxylation sites is 1. The predicted octanol–water partition coefficient (Wildman–Crippen LogP) is -3.02. The number of anilines is 1. The summed E-state index contributed by atoms with van der Waals surface area (Å²) in [5, 5.41) is 4.41. The van der Waals surface area contributed by atoms with Crippen molar-refractivity contribution in [2.24, 2.45) is 0 Å². The number of aryl methyl sites for hydroxylation is 1. The lowest BCUT2D eigenvalue weighted by molar-refractivity contribution is -2.00. The van der Waals surface area contributed by atoms with Crippen LogP contribution in [0.1, 0.15) is 5.56 Å². The number of nitrogens with zero attached hydrogens (tertiary/aromatic N) is 3. The van der Waals surface area contributed by atoms with Crippen LogP contribution in [-0.2, 0) is 0 Å². The van der Waals surface area contributed by atoms with Crippen molar-refractivity contribution in [1.82, 2.24) is 5.10 Å². The molecule has 1 aromatic heterocycles. The SMILES string of the molecule is Cc1c[n+](-c2ccccc2)ncc1N(C)C.[O-][Cl+3]([O-])([O-])[O-]. The van der Waals surface area contributed by atoms with Crippen LogP contribution in [0.5, 0.6) is 0 Å². The largest absolute Gasteiger partial charge is 0.376 e. The van der Waals surface area contributed by atoms with Gasteiger partial charge in [-0.25, -0.2) is 18.6 Å². The van der Waals surface area contributed by atoms with Crippen LogP contribution in [0.3, 0.4) is 0 Å². The van der Waals surface area contributed by atoms with Gasteiger partial charge in [-0.3, -0.25) is 0 Å². The Balaban J connectivity index is 0.000000383. The van der Waals surface area contributed by atoms with Gasteiger partial charge in [0.15, 0.2) is 0 Å². The first kappa shape index (κ1) is 17.3. The first-order valence-electron chi connectivity index (χ1n) is 5.91. The molecule has 0 aliphatic heterocycles. The van der Waals surface area contributed by atoms with Gasteiger partial charge in [-0.15, -0.1) is 10.2 Å². The number of halogens is 1. The molecule has 0 fully saturated rings. The maximum atomic E-state index is 8.49. The van der Waals surface area contributed by atoms with Crippen LogP contribution in [0.15, 0.2) is 42.7 Å². The van der Waals surface area contributed by atoms with Crippen LogP contribution in [0, 0.1) is 17.2 Å². The first-order valence-corrected chi connectivity index (χ1v) is 7.15. The van der Waals surface area contributed by atoms with E-state index in [0.29, 0.717) is 0 Å². The molecule has 0 aliphatic carbocycles. The fourth-order valence-electron chi connectivity index (χ4n) is 1.69. The molecule has 0 radical (unpaired) electrons. The fourth-order valence-corrected chi connectivity index (χ4v) is 1.69. The third-order valence-corrected chi connectivity index (χ3v) is 2.53. The summed E-state index contributed by atoms with van der Waals surface area (Å²) in [4.78, 5) is 2.07. The summed E-state index contributed by atoms with van der Waals surface area (Å²) >= 11 is 0. The van der Waals surface area contributed by atoms with E-state index in [1.54, 1.807) is 0 Å². The topological polar surface area (TPSA) is 112 Å². The lowest BCUT2D eigenvalue weighted by Crippen LogP contribution is -2.68. The van der Waals surface area contributed by atoms with E-state index in [0.717, 1.165) is 11.4 Å². The van der Waals surface area contributed by atoms with Crippen molar-refractivity contribution < 1.29 is 33.6 Å². The molecule has 21 heavy (non-hydrogen) atoms. The Morgan fingerprint density at radius 1 is 1.05 bits per heavy atom. The Kier molecular flexibility index (Phi) is 6.01. The van der Waals surface area contributed by atoms with Gasteiger partial charge >= 0.3 is 0 Å². The monoisotopic (exact) mass is 313 g/mol. The second-order valence-electron chi connectivity index (χ2n) is 4.39. The van der Waals surface area contributed by atoms with Gasteiger partial charge in [0.05, 0.1) is 5.69 Å². The maximum Gasteiger partial charge on any atom is 0.238 e. The molecule has 0 unspecified atom stereocenters. The molecule has 0 saturated carbocycles. The van der Waals surface area contributed by atoms with E-state index in [-0.39, 0.29) is 0 Å². The van der Waals surface area contributed by atoms with Gasteiger partial charge in [0.2, 0.25) is 11.9 Å². The molecule has 7 nitrogen and oxygen atoms in total. The highest BCUT2D eigenvalue weighted by atomic mass is 35.7. The third-order valence-electron chi connectivity index (χ3n) is 2.53. The summed E-state index contributed by atoms with van der Waals surface area (Å²) in [7, 11) is -0.895. The van der Waals surface area contributed by atoms with Gasteiger partial charge in [-0.2, -0.15) is 0 Å². The van der Waals surface area contributed by atoms with E-state index in [1.807, 2.05) is 61.5 Å². The zero-order chi connectivity index (χ0) is 16.0. The molecule has 0 bridgehead atoms. The van der Waals surface area contributed by atoms with Gasteiger partial charge in [0, 0.05) is 31.8 Å². The number of benzene rings is 1. The number of rotatable bonds is 2. The first-order chi connectivity index (χ1) is 9.68. The number of aromatic nitrogens is 2. The molecule has 0 saturated heterocycles. The quantitative estimate of drug-likeness (QED) is 0.545. The van der Waals surface area contributed by atoms with Crippen molar-refractivity contribution in [3.63, 3.8) is 0 Å². The summed E-state index contributed by atoms with van der Waals surface area (Å²) in [5.74, 6) is 0. The Morgan fingerprint density at radius 3 is 2.00 bits per heavy atom. The molecule has 0 amide bonds.